The molecule has 2 rings (SSSR count). The third-order valence-corrected chi connectivity index (χ3v) is 5.13. The number of carbonyl (C=O) groups excluding carboxylic acids is 1. The van der Waals surface area contributed by atoms with Gasteiger partial charge in [-0.3, -0.25) is 4.79 Å². The number of hydrogen-bond acceptors (Lipinski definition) is 5. The Morgan fingerprint density at radius 1 is 1.29 bits per heavy atom. The van der Waals surface area contributed by atoms with E-state index >= 15 is 0 Å². The van der Waals surface area contributed by atoms with Crippen molar-refractivity contribution >= 4 is 15.9 Å². The number of aryl methyl sites for hydroxylation is 1. The van der Waals surface area contributed by atoms with Crippen LogP contribution in [-0.2, 0) is 21.4 Å². The lowest BCUT2D eigenvalue weighted by Crippen LogP contribution is -2.28. The number of benzene rings is 1. The lowest BCUT2D eigenvalue weighted by atomic mass is 10.2. The zero-order valence-electron chi connectivity index (χ0n) is 13.8. The van der Waals surface area contributed by atoms with E-state index in [9.17, 15) is 13.2 Å². The van der Waals surface area contributed by atoms with Gasteiger partial charge < -0.3 is 14.5 Å². The quantitative estimate of drug-likeness (QED) is 0.816. The number of ether oxygens (including phenoxy) is 1. The third-order valence-electron chi connectivity index (χ3n) is 3.32. The summed E-state index contributed by atoms with van der Waals surface area (Å²) in [6.07, 6.45) is 1.53. The van der Waals surface area contributed by atoms with E-state index in [1.165, 1.54) is 32.5 Å². The van der Waals surface area contributed by atoms with Crippen LogP contribution in [0, 0.1) is 6.92 Å². The van der Waals surface area contributed by atoms with Crippen molar-refractivity contribution in [1.29, 1.82) is 0 Å². The van der Waals surface area contributed by atoms with Crippen LogP contribution < -0.4 is 10.1 Å². The summed E-state index contributed by atoms with van der Waals surface area (Å²) in [6.45, 7) is 1.85. The second-order valence-corrected chi connectivity index (χ2v) is 7.51. The zero-order chi connectivity index (χ0) is 17.7. The van der Waals surface area contributed by atoms with E-state index in [-0.39, 0.29) is 24.0 Å². The first-order valence-corrected chi connectivity index (χ1v) is 8.70. The summed E-state index contributed by atoms with van der Waals surface area (Å²) in [5.41, 5.74) is 0.636. The molecule has 1 aromatic carbocycles. The van der Waals surface area contributed by atoms with Crippen molar-refractivity contribution in [2.24, 2.45) is 0 Å². The molecule has 0 aliphatic carbocycles. The minimum atomic E-state index is -3.49. The maximum atomic E-state index is 12.1. The number of nitrogens with zero attached hydrogens (tertiary/aromatic N) is 1. The normalized spacial score (nSPS) is 11.5. The van der Waals surface area contributed by atoms with Crippen LogP contribution in [0.5, 0.6) is 5.75 Å². The molecule has 0 saturated heterocycles. The Morgan fingerprint density at radius 2 is 2.04 bits per heavy atom. The molecule has 0 aliphatic rings. The summed E-state index contributed by atoms with van der Waals surface area (Å²) >= 11 is 0. The highest BCUT2D eigenvalue weighted by molar-refractivity contribution is 7.89. The largest absolute Gasteiger partial charge is 0.484 e. The molecule has 130 valence electrons. The highest BCUT2D eigenvalue weighted by atomic mass is 32.2. The van der Waals surface area contributed by atoms with Crippen LogP contribution in [0.25, 0.3) is 0 Å². The maximum Gasteiger partial charge on any atom is 0.258 e. The third kappa shape index (κ3) is 4.36. The summed E-state index contributed by atoms with van der Waals surface area (Å²) < 4.78 is 35.8. The van der Waals surface area contributed by atoms with Gasteiger partial charge in [-0.15, -0.1) is 0 Å². The molecular formula is C16H20N2O5S. The second kappa shape index (κ2) is 7.50. The second-order valence-electron chi connectivity index (χ2n) is 5.36. The molecule has 0 spiro atoms. The van der Waals surface area contributed by atoms with Crippen LogP contribution in [0.4, 0.5) is 0 Å². The molecule has 0 unspecified atom stereocenters. The average Bonchev–Trinajstić information content (AvgIpc) is 3.04. The first-order valence-electron chi connectivity index (χ1n) is 7.26. The Hall–Kier alpha value is -2.32. The fraction of sp³-hybridized carbons (Fsp3) is 0.312. The van der Waals surface area contributed by atoms with Gasteiger partial charge in [0.15, 0.2) is 6.61 Å². The van der Waals surface area contributed by atoms with Gasteiger partial charge in [-0.25, -0.2) is 12.7 Å². The summed E-state index contributed by atoms with van der Waals surface area (Å²) in [4.78, 5) is 11.9. The molecule has 1 aromatic heterocycles. The van der Waals surface area contributed by atoms with E-state index in [2.05, 4.69) is 5.32 Å². The molecule has 1 N–H and O–H groups in total. The predicted molar refractivity (Wildman–Crippen MR) is 88.1 cm³/mol. The average molecular weight is 352 g/mol. The fourth-order valence-corrected chi connectivity index (χ4v) is 2.94. The van der Waals surface area contributed by atoms with E-state index in [4.69, 9.17) is 9.15 Å². The number of hydrogen-bond donors (Lipinski definition) is 1. The van der Waals surface area contributed by atoms with Gasteiger partial charge in [-0.2, -0.15) is 0 Å². The standard InChI is InChI=1S/C16H20N2O5S/c1-12-9-14(24(20,21)18(2)3)6-7-15(12)23-11-16(19)17-10-13-5-4-8-22-13/h4-9H,10-11H2,1-3H3,(H,17,19). The molecule has 7 nitrogen and oxygen atoms in total. The summed E-state index contributed by atoms with van der Waals surface area (Å²) in [7, 11) is -0.552. The van der Waals surface area contributed by atoms with E-state index in [0.717, 1.165) is 4.31 Å². The van der Waals surface area contributed by atoms with Crippen molar-refractivity contribution < 1.29 is 22.4 Å². The van der Waals surface area contributed by atoms with Crippen molar-refractivity contribution in [2.45, 2.75) is 18.4 Å². The van der Waals surface area contributed by atoms with Crippen LogP contribution in [0.1, 0.15) is 11.3 Å². The Morgan fingerprint density at radius 3 is 2.62 bits per heavy atom. The fourth-order valence-electron chi connectivity index (χ4n) is 1.95. The Bertz CT molecular complexity index is 798. The molecular weight excluding hydrogens is 332 g/mol. The van der Waals surface area contributed by atoms with Gasteiger partial charge in [0, 0.05) is 14.1 Å². The SMILES string of the molecule is Cc1cc(S(=O)(=O)N(C)C)ccc1OCC(=O)NCc1ccco1. The molecule has 2 aromatic rings. The van der Waals surface area contributed by atoms with Gasteiger partial charge in [0.1, 0.15) is 11.5 Å². The van der Waals surface area contributed by atoms with Gasteiger partial charge in [-0.05, 0) is 42.8 Å². The van der Waals surface area contributed by atoms with Gasteiger partial charge in [0.05, 0.1) is 17.7 Å². The lowest BCUT2D eigenvalue weighted by molar-refractivity contribution is -0.123. The number of carbonyl (C=O) groups is 1. The van der Waals surface area contributed by atoms with Crippen LogP contribution in [-0.4, -0.2) is 39.3 Å². The molecule has 0 aliphatic heterocycles. The van der Waals surface area contributed by atoms with Crippen molar-refractivity contribution in [3.63, 3.8) is 0 Å². The minimum absolute atomic E-state index is 0.165. The zero-order valence-corrected chi connectivity index (χ0v) is 14.6. The highest BCUT2D eigenvalue weighted by Crippen LogP contribution is 2.23. The topological polar surface area (TPSA) is 88.8 Å². The van der Waals surface area contributed by atoms with E-state index in [1.54, 1.807) is 25.1 Å². The van der Waals surface area contributed by atoms with Gasteiger partial charge >= 0.3 is 0 Å². The van der Waals surface area contributed by atoms with Crippen molar-refractivity contribution in [3.05, 3.63) is 47.9 Å². The van der Waals surface area contributed by atoms with Crippen molar-refractivity contribution in [1.82, 2.24) is 9.62 Å². The van der Waals surface area contributed by atoms with Crippen LogP contribution in [0.3, 0.4) is 0 Å². The number of nitrogens with one attached hydrogen (secondary N) is 1. The van der Waals surface area contributed by atoms with Crippen LogP contribution in [0.2, 0.25) is 0 Å². The molecule has 0 fully saturated rings. The maximum absolute atomic E-state index is 12.1. The first-order chi connectivity index (χ1) is 11.3. The predicted octanol–water partition coefficient (Wildman–Crippen LogP) is 1.53. The van der Waals surface area contributed by atoms with Gasteiger partial charge in [0.25, 0.3) is 5.91 Å². The minimum Gasteiger partial charge on any atom is -0.484 e. The molecule has 0 bridgehead atoms. The molecule has 0 saturated carbocycles. The van der Waals surface area contributed by atoms with Crippen molar-refractivity contribution in [3.8, 4) is 5.75 Å². The van der Waals surface area contributed by atoms with Crippen LogP contribution >= 0.6 is 0 Å². The molecule has 0 atom stereocenters. The van der Waals surface area contributed by atoms with Gasteiger partial charge in [-0.1, -0.05) is 0 Å². The summed E-state index contributed by atoms with van der Waals surface area (Å²) in [6, 6.07) is 8.02. The van der Waals surface area contributed by atoms with E-state index in [0.29, 0.717) is 17.1 Å². The Labute approximate surface area is 141 Å². The molecule has 1 amide bonds. The van der Waals surface area contributed by atoms with Crippen LogP contribution in [0.15, 0.2) is 45.9 Å². The van der Waals surface area contributed by atoms with Gasteiger partial charge in [0.2, 0.25) is 10.0 Å². The molecule has 24 heavy (non-hydrogen) atoms. The number of rotatable bonds is 7. The summed E-state index contributed by atoms with van der Waals surface area (Å²) in [5.74, 6) is 0.814. The monoisotopic (exact) mass is 352 g/mol. The molecule has 8 heteroatoms. The Kier molecular flexibility index (Phi) is 5.63. The first kappa shape index (κ1) is 18.0. The smallest absolute Gasteiger partial charge is 0.258 e. The number of amides is 1. The highest BCUT2D eigenvalue weighted by Gasteiger charge is 2.18. The lowest BCUT2D eigenvalue weighted by Gasteiger charge is -2.14. The Balaban J connectivity index is 1.94. The van der Waals surface area contributed by atoms with E-state index < -0.39 is 10.0 Å². The number of furan rings is 1. The van der Waals surface area contributed by atoms with Crippen molar-refractivity contribution in [2.75, 3.05) is 20.7 Å². The molecule has 0 radical (unpaired) electrons. The summed E-state index contributed by atoms with van der Waals surface area (Å²) in [5, 5.41) is 2.67. The molecule has 1 heterocycles. The van der Waals surface area contributed by atoms with E-state index in [1.807, 2.05) is 0 Å². The number of sulfonamides is 1.